The van der Waals surface area contributed by atoms with Crippen LogP contribution in [0.25, 0.3) is 16.6 Å². The monoisotopic (exact) mass is 382 g/mol. The molecule has 1 aromatic carbocycles. The van der Waals surface area contributed by atoms with Gasteiger partial charge in [0.15, 0.2) is 5.65 Å². The summed E-state index contributed by atoms with van der Waals surface area (Å²) in [6, 6.07) is 8.48. The molecule has 0 radical (unpaired) electrons. The molecule has 8 nitrogen and oxygen atoms in total. The smallest absolute Gasteiger partial charge is 0.230 e. The number of anilines is 1. The van der Waals surface area contributed by atoms with Crippen molar-refractivity contribution in [1.29, 1.82) is 0 Å². The number of pyridine rings is 1. The average molecular weight is 383 g/mol. The lowest BCUT2D eigenvalue weighted by Gasteiger charge is -2.11. The summed E-state index contributed by atoms with van der Waals surface area (Å²) in [7, 11) is 0. The van der Waals surface area contributed by atoms with Gasteiger partial charge in [-0.05, 0) is 37.3 Å². The summed E-state index contributed by atoms with van der Waals surface area (Å²) < 4.78 is 3.37. The van der Waals surface area contributed by atoms with Crippen molar-refractivity contribution in [2.24, 2.45) is 0 Å². The van der Waals surface area contributed by atoms with E-state index in [1.54, 1.807) is 51.9 Å². The minimum absolute atomic E-state index is 0.127. The van der Waals surface area contributed by atoms with E-state index in [2.05, 4.69) is 20.6 Å². The van der Waals surface area contributed by atoms with Crippen LogP contribution >= 0.6 is 11.6 Å². The van der Waals surface area contributed by atoms with Gasteiger partial charge in [-0.25, -0.2) is 0 Å². The first kappa shape index (κ1) is 17.2. The van der Waals surface area contributed by atoms with E-state index in [1.807, 2.05) is 6.92 Å². The Labute approximate surface area is 158 Å². The average Bonchev–Trinajstić information content (AvgIpc) is 3.11. The lowest BCUT2D eigenvalue weighted by Crippen LogP contribution is -2.24. The van der Waals surface area contributed by atoms with Crippen LogP contribution in [0.15, 0.2) is 47.7 Å². The lowest BCUT2D eigenvalue weighted by molar-refractivity contribution is -0.115. The first-order valence-corrected chi connectivity index (χ1v) is 8.71. The van der Waals surface area contributed by atoms with E-state index in [-0.39, 0.29) is 23.5 Å². The highest BCUT2D eigenvalue weighted by atomic mass is 35.5. The molecule has 0 saturated carbocycles. The third-order valence-electron chi connectivity index (χ3n) is 4.19. The van der Waals surface area contributed by atoms with Gasteiger partial charge in [-0.1, -0.05) is 11.6 Å². The van der Waals surface area contributed by atoms with E-state index < -0.39 is 0 Å². The molecule has 1 N–H and O–H groups in total. The van der Waals surface area contributed by atoms with Crippen molar-refractivity contribution in [3.63, 3.8) is 0 Å². The molecule has 0 aliphatic heterocycles. The number of hydrogen-bond acceptors (Lipinski definition) is 5. The SMILES string of the molecule is CCn1nc(CC(=O)Nc2ccc3nncn3c2)c(=O)c2ccc(Cl)cc21. The standard InChI is InChI=1S/C18H15ClN6O2/c1-2-25-15-7-11(19)3-5-13(15)18(27)14(23-25)8-17(26)21-12-4-6-16-22-20-10-24(16)9-12/h3-7,9-10H,2,8H2,1H3,(H,21,26). The van der Waals surface area contributed by atoms with Gasteiger partial charge in [0.1, 0.15) is 12.0 Å². The Morgan fingerprint density at radius 3 is 2.93 bits per heavy atom. The van der Waals surface area contributed by atoms with Crippen LogP contribution in [0.2, 0.25) is 5.02 Å². The molecule has 0 spiro atoms. The van der Waals surface area contributed by atoms with Crippen molar-refractivity contribution in [3.8, 4) is 0 Å². The normalized spacial score (nSPS) is 11.2. The van der Waals surface area contributed by atoms with Gasteiger partial charge in [0.25, 0.3) is 0 Å². The second kappa shape index (κ2) is 6.81. The number of carbonyl (C=O) groups excluding carboxylic acids is 1. The Morgan fingerprint density at radius 2 is 2.11 bits per heavy atom. The van der Waals surface area contributed by atoms with E-state index in [0.717, 1.165) is 0 Å². The van der Waals surface area contributed by atoms with Crippen LogP contribution in [0.4, 0.5) is 5.69 Å². The molecule has 0 saturated heterocycles. The lowest BCUT2D eigenvalue weighted by atomic mass is 10.1. The number of aryl methyl sites for hydroxylation is 1. The van der Waals surface area contributed by atoms with Gasteiger partial charge in [-0.2, -0.15) is 5.10 Å². The molecule has 4 rings (SSSR count). The Bertz CT molecular complexity index is 1230. The summed E-state index contributed by atoms with van der Waals surface area (Å²) >= 11 is 6.03. The molecule has 1 amide bonds. The Morgan fingerprint density at radius 1 is 1.26 bits per heavy atom. The number of hydrogen-bond donors (Lipinski definition) is 1. The predicted molar refractivity (Wildman–Crippen MR) is 102 cm³/mol. The van der Waals surface area contributed by atoms with Gasteiger partial charge >= 0.3 is 0 Å². The van der Waals surface area contributed by atoms with Crippen LogP contribution in [-0.2, 0) is 17.8 Å². The maximum Gasteiger partial charge on any atom is 0.230 e. The van der Waals surface area contributed by atoms with Gasteiger partial charge in [-0.15, -0.1) is 10.2 Å². The molecular weight excluding hydrogens is 368 g/mol. The molecular formula is C18H15ClN6O2. The van der Waals surface area contributed by atoms with Crippen LogP contribution in [0.3, 0.4) is 0 Å². The number of carbonyl (C=O) groups is 1. The first-order chi connectivity index (χ1) is 13.0. The van der Waals surface area contributed by atoms with Gasteiger partial charge in [-0.3, -0.25) is 18.7 Å². The highest BCUT2D eigenvalue weighted by Crippen LogP contribution is 2.17. The second-order valence-corrected chi connectivity index (χ2v) is 6.43. The number of nitrogens with zero attached hydrogens (tertiary/aromatic N) is 5. The van der Waals surface area contributed by atoms with Crippen LogP contribution in [0.1, 0.15) is 12.6 Å². The summed E-state index contributed by atoms with van der Waals surface area (Å²) in [6.07, 6.45) is 3.12. The van der Waals surface area contributed by atoms with E-state index >= 15 is 0 Å². The summed E-state index contributed by atoms with van der Waals surface area (Å²) in [5.41, 5.74) is 1.83. The maximum absolute atomic E-state index is 12.7. The van der Waals surface area contributed by atoms with Gasteiger partial charge in [0.05, 0.1) is 17.6 Å². The summed E-state index contributed by atoms with van der Waals surface area (Å²) in [4.78, 5) is 25.2. The Balaban J connectivity index is 1.64. The third-order valence-corrected chi connectivity index (χ3v) is 4.42. The fourth-order valence-corrected chi connectivity index (χ4v) is 3.09. The van der Waals surface area contributed by atoms with Crippen molar-refractivity contribution in [3.05, 3.63) is 63.8 Å². The molecule has 4 aromatic rings. The van der Waals surface area contributed by atoms with Crippen LogP contribution in [-0.4, -0.2) is 30.3 Å². The molecule has 0 bridgehead atoms. The number of amides is 1. The molecule has 27 heavy (non-hydrogen) atoms. The van der Waals surface area contributed by atoms with Crippen LogP contribution in [0.5, 0.6) is 0 Å². The zero-order chi connectivity index (χ0) is 19.0. The number of halogens is 1. The first-order valence-electron chi connectivity index (χ1n) is 8.33. The van der Waals surface area contributed by atoms with E-state index in [4.69, 9.17) is 11.6 Å². The number of benzene rings is 1. The summed E-state index contributed by atoms with van der Waals surface area (Å²) in [5, 5.41) is 15.8. The van der Waals surface area contributed by atoms with E-state index in [1.165, 1.54) is 0 Å². The predicted octanol–water partition coefficient (Wildman–Crippen LogP) is 2.29. The highest BCUT2D eigenvalue weighted by molar-refractivity contribution is 6.31. The van der Waals surface area contributed by atoms with Crippen molar-refractivity contribution < 1.29 is 4.79 Å². The molecule has 136 valence electrons. The summed E-state index contributed by atoms with van der Waals surface area (Å²) in [6.45, 7) is 2.46. The zero-order valence-corrected chi connectivity index (χ0v) is 15.1. The number of nitrogens with one attached hydrogen (secondary N) is 1. The third kappa shape index (κ3) is 3.26. The number of fused-ring (bicyclic) bond motifs is 2. The minimum atomic E-state index is -0.331. The van der Waals surface area contributed by atoms with Crippen molar-refractivity contribution in [2.45, 2.75) is 19.9 Å². The zero-order valence-electron chi connectivity index (χ0n) is 14.4. The minimum Gasteiger partial charge on any atom is -0.324 e. The number of aromatic nitrogens is 5. The van der Waals surface area contributed by atoms with Crippen molar-refractivity contribution >= 4 is 39.7 Å². The molecule has 3 heterocycles. The molecule has 0 fully saturated rings. The van der Waals surface area contributed by atoms with Crippen molar-refractivity contribution in [1.82, 2.24) is 24.4 Å². The topological polar surface area (TPSA) is 94.2 Å². The van der Waals surface area contributed by atoms with Gasteiger partial charge in [0.2, 0.25) is 11.3 Å². The fraction of sp³-hybridized carbons (Fsp3) is 0.167. The van der Waals surface area contributed by atoms with E-state index in [0.29, 0.717) is 33.8 Å². The quantitative estimate of drug-likeness (QED) is 0.584. The highest BCUT2D eigenvalue weighted by Gasteiger charge is 2.14. The molecule has 0 atom stereocenters. The van der Waals surface area contributed by atoms with Crippen molar-refractivity contribution in [2.75, 3.05) is 5.32 Å². The van der Waals surface area contributed by atoms with E-state index in [9.17, 15) is 9.59 Å². The van der Waals surface area contributed by atoms with Gasteiger partial charge < -0.3 is 5.32 Å². The number of rotatable bonds is 4. The maximum atomic E-state index is 12.7. The fourth-order valence-electron chi connectivity index (χ4n) is 2.93. The van der Waals surface area contributed by atoms with Crippen LogP contribution in [0, 0.1) is 0 Å². The second-order valence-electron chi connectivity index (χ2n) is 5.99. The molecule has 0 unspecified atom stereocenters. The largest absolute Gasteiger partial charge is 0.324 e. The summed E-state index contributed by atoms with van der Waals surface area (Å²) in [5.74, 6) is -0.331. The Hall–Kier alpha value is -3.26. The Kier molecular flexibility index (Phi) is 4.33. The van der Waals surface area contributed by atoms with Crippen LogP contribution < -0.4 is 10.7 Å². The molecule has 3 aromatic heterocycles. The molecule has 9 heteroatoms. The van der Waals surface area contributed by atoms with Gasteiger partial charge in [0, 0.05) is 23.2 Å². The molecule has 0 aliphatic rings. The molecule has 0 aliphatic carbocycles.